The fourth-order valence-electron chi connectivity index (χ4n) is 7.23. The summed E-state index contributed by atoms with van der Waals surface area (Å²) in [6.07, 6.45) is 7.94. The summed E-state index contributed by atoms with van der Waals surface area (Å²) in [4.78, 5) is 29.5. The predicted molar refractivity (Wildman–Crippen MR) is 163 cm³/mol. The van der Waals surface area contributed by atoms with Crippen LogP contribution in [-0.4, -0.2) is 58.4 Å². The Kier molecular flexibility index (Phi) is 7.71. The van der Waals surface area contributed by atoms with Crippen molar-refractivity contribution >= 4 is 17.6 Å². The lowest BCUT2D eigenvalue weighted by molar-refractivity contribution is -0.219. The van der Waals surface area contributed by atoms with Gasteiger partial charge in [-0.3, -0.25) is 9.59 Å². The van der Waals surface area contributed by atoms with Crippen molar-refractivity contribution < 1.29 is 38.7 Å². The van der Waals surface area contributed by atoms with E-state index in [1.54, 1.807) is 19.1 Å². The minimum Gasteiger partial charge on any atom is -0.506 e. The summed E-state index contributed by atoms with van der Waals surface area (Å²) in [6.45, 7) is 15.1. The first-order chi connectivity index (χ1) is 20.2. The van der Waals surface area contributed by atoms with Gasteiger partial charge in [-0.15, -0.1) is 0 Å². The van der Waals surface area contributed by atoms with Crippen LogP contribution in [0.3, 0.4) is 0 Å². The van der Waals surface area contributed by atoms with Crippen LogP contribution in [0.4, 0.5) is 0 Å². The molecule has 0 saturated heterocycles. The molecule has 2 N–H and O–H groups in total. The molecule has 0 unspecified atom stereocenters. The lowest BCUT2D eigenvalue weighted by atomic mass is 9.50. The molecular weight excluding hydrogens is 548 g/mol. The fraction of sp³-hybridized carbons (Fsp3) is 0.543. The summed E-state index contributed by atoms with van der Waals surface area (Å²) < 4.78 is 26.1. The molecule has 1 aromatic rings. The van der Waals surface area contributed by atoms with Crippen LogP contribution in [0.25, 0.3) is 6.08 Å². The number of allylic oxidation sites excluding steroid dienone is 3. The number of methoxy groups -OCH3 is 1. The molecule has 2 bridgehead atoms. The maximum atomic E-state index is 14.9. The highest BCUT2D eigenvalue weighted by Gasteiger charge is 2.75. The van der Waals surface area contributed by atoms with Crippen LogP contribution in [0.15, 0.2) is 40.7 Å². The average Bonchev–Trinajstić information content (AvgIpc) is 2.93. The van der Waals surface area contributed by atoms with Gasteiger partial charge in [-0.25, -0.2) is 0 Å². The number of phenols is 1. The van der Waals surface area contributed by atoms with Crippen molar-refractivity contribution in [1.29, 1.82) is 0 Å². The molecule has 4 atom stereocenters. The summed E-state index contributed by atoms with van der Waals surface area (Å²) in [5.74, 6) is -1.04. The number of hydrogen-bond acceptors (Lipinski definition) is 8. The van der Waals surface area contributed by atoms with Crippen molar-refractivity contribution in [2.24, 2.45) is 11.8 Å². The Bertz CT molecular complexity index is 1500. The van der Waals surface area contributed by atoms with Crippen LogP contribution in [0, 0.1) is 11.8 Å². The van der Waals surface area contributed by atoms with Gasteiger partial charge in [-0.05, 0) is 73.5 Å². The van der Waals surface area contributed by atoms with Gasteiger partial charge in [0.05, 0.1) is 36.9 Å². The molecule has 1 aromatic carbocycles. The van der Waals surface area contributed by atoms with Gasteiger partial charge in [-0.2, -0.15) is 0 Å². The number of hydrogen-bond donors (Lipinski definition) is 2. The normalized spacial score (nSPS) is 28.7. The highest BCUT2D eigenvalue weighted by molar-refractivity contribution is 6.19. The highest BCUT2D eigenvalue weighted by Crippen LogP contribution is 2.64. The summed E-state index contributed by atoms with van der Waals surface area (Å²) in [7, 11) is 1.46. The second kappa shape index (κ2) is 10.7. The zero-order valence-corrected chi connectivity index (χ0v) is 26.7. The third kappa shape index (κ3) is 4.48. The molecule has 2 heterocycles. The Morgan fingerprint density at radius 1 is 1.14 bits per heavy atom. The van der Waals surface area contributed by atoms with Crippen molar-refractivity contribution in [3.05, 3.63) is 57.4 Å². The Morgan fingerprint density at radius 2 is 1.84 bits per heavy atom. The maximum Gasteiger partial charge on any atom is 0.204 e. The van der Waals surface area contributed by atoms with Crippen molar-refractivity contribution in [3.63, 3.8) is 0 Å². The molecule has 1 saturated carbocycles. The standard InChI is InChI=1S/C35H44O8/c1-18(2)10-11-23-29-22(13-14-33(7,8)42-29)27(37)25-28(38)26-31(40-9)24-16-21(6)35(26,43-30(23)25)34(32(24)39,41-19(3)4)15-12-20(5)17-36/h10,12-14,19,21,24,36-37H,11,15-17H2,1-9H3/b20-12-/t21-,24+,34+,35+/m1/s1. The van der Waals surface area contributed by atoms with E-state index < -0.39 is 34.6 Å². The fourth-order valence-corrected chi connectivity index (χ4v) is 7.23. The summed E-state index contributed by atoms with van der Waals surface area (Å²) in [5, 5.41) is 21.5. The van der Waals surface area contributed by atoms with Crippen LogP contribution in [0.2, 0.25) is 0 Å². The van der Waals surface area contributed by atoms with E-state index in [1.165, 1.54) is 7.11 Å². The van der Waals surface area contributed by atoms with Crippen LogP contribution < -0.4 is 9.47 Å². The molecule has 0 radical (unpaired) electrons. The van der Waals surface area contributed by atoms with Crippen LogP contribution >= 0.6 is 0 Å². The van der Waals surface area contributed by atoms with Crippen molar-refractivity contribution in [2.45, 2.75) is 97.6 Å². The van der Waals surface area contributed by atoms with E-state index in [9.17, 15) is 19.8 Å². The van der Waals surface area contributed by atoms with E-state index in [-0.39, 0.29) is 53.1 Å². The first kappa shape index (κ1) is 31.1. The van der Waals surface area contributed by atoms with E-state index in [4.69, 9.17) is 18.9 Å². The number of phenolic OH excluding ortho intramolecular Hbond substituents is 1. The zero-order chi connectivity index (χ0) is 31.6. The number of rotatable bonds is 8. The van der Waals surface area contributed by atoms with Crippen LogP contribution in [0.5, 0.6) is 17.2 Å². The van der Waals surface area contributed by atoms with E-state index >= 15 is 0 Å². The number of carbonyl (C=O) groups is 2. The van der Waals surface area contributed by atoms with Crippen molar-refractivity contribution in [2.75, 3.05) is 13.7 Å². The molecule has 1 fully saturated rings. The third-order valence-electron chi connectivity index (χ3n) is 9.14. The van der Waals surface area contributed by atoms with Gasteiger partial charge in [0, 0.05) is 17.9 Å². The number of aliphatic hydroxyl groups excluding tert-OH is 1. The van der Waals surface area contributed by atoms with E-state index in [1.807, 2.05) is 60.6 Å². The molecule has 5 aliphatic rings. The largest absolute Gasteiger partial charge is 0.506 e. The molecular formula is C35H44O8. The zero-order valence-electron chi connectivity index (χ0n) is 26.7. The quantitative estimate of drug-likeness (QED) is 0.352. The van der Waals surface area contributed by atoms with Crippen molar-refractivity contribution in [3.8, 4) is 17.2 Å². The topological polar surface area (TPSA) is 112 Å². The van der Waals surface area contributed by atoms with Gasteiger partial charge in [0.1, 0.15) is 34.2 Å². The Labute approximate surface area is 254 Å². The Morgan fingerprint density at radius 3 is 2.44 bits per heavy atom. The number of benzene rings is 1. The predicted octanol–water partition coefficient (Wildman–Crippen LogP) is 6.03. The van der Waals surface area contributed by atoms with Gasteiger partial charge in [0.15, 0.2) is 17.0 Å². The maximum absolute atomic E-state index is 14.9. The Hall–Kier alpha value is -3.36. The number of ketones is 2. The molecule has 1 spiro atoms. The smallest absolute Gasteiger partial charge is 0.204 e. The molecule has 3 aliphatic carbocycles. The first-order valence-corrected chi connectivity index (χ1v) is 15.1. The second-order valence-electron chi connectivity index (χ2n) is 13.4. The number of aromatic hydroxyl groups is 1. The molecule has 232 valence electrons. The third-order valence-corrected chi connectivity index (χ3v) is 9.14. The summed E-state index contributed by atoms with van der Waals surface area (Å²) in [5.41, 5.74) is -0.806. The lowest BCUT2D eigenvalue weighted by Crippen LogP contribution is -2.77. The summed E-state index contributed by atoms with van der Waals surface area (Å²) in [6, 6.07) is 0. The van der Waals surface area contributed by atoms with E-state index in [0.717, 1.165) is 5.57 Å². The van der Waals surface area contributed by atoms with Crippen LogP contribution in [-0.2, 0) is 20.7 Å². The monoisotopic (exact) mass is 592 g/mol. The number of fused-ring (bicyclic) bond motifs is 4. The molecule has 0 aromatic heterocycles. The minimum atomic E-state index is -1.59. The number of carbonyl (C=O) groups excluding carboxylic acids is 2. The van der Waals surface area contributed by atoms with Gasteiger partial charge < -0.3 is 29.2 Å². The van der Waals surface area contributed by atoms with Crippen molar-refractivity contribution in [1.82, 2.24) is 0 Å². The molecule has 6 rings (SSSR count). The molecule has 8 heteroatoms. The highest BCUT2D eigenvalue weighted by atomic mass is 16.6. The number of Topliss-reactive ketones (excluding diaryl/α,β-unsaturated/α-hetero) is 2. The van der Waals surface area contributed by atoms with Gasteiger partial charge >= 0.3 is 0 Å². The molecule has 0 amide bonds. The van der Waals surface area contributed by atoms with Gasteiger partial charge in [0.25, 0.3) is 0 Å². The van der Waals surface area contributed by atoms with Crippen LogP contribution in [0.1, 0.15) is 89.7 Å². The average molecular weight is 593 g/mol. The molecule has 8 nitrogen and oxygen atoms in total. The molecule has 43 heavy (non-hydrogen) atoms. The lowest BCUT2D eigenvalue weighted by Gasteiger charge is -2.61. The van der Waals surface area contributed by atoms with Gasteiger partial charge in [-0.1, -0.05) is 30.2 Å². The van der Waals surface area contributed by atoms with E-state index in [0.29, 0.717) is 35.3 Å². The number of ether oxygens (including phenoxy) is 4. The van der Waals surface area contributed by atoms with E-state index in [2.05, 4.69) is 0 Å². The number of aliphatic hydroxyl groups is 1. The summed E-state index contributed by atoms with van der Waals surface area (Å²) >= 11 is 0. The first-order valence-electron chi connectivity index (χ1n) is 15.1. The minimum absolute atomic E-state index is 0.0340. The molecule has 2 aliphatic heterocycles. The second-order valence-corrected chi connectivity index (χ2v) is 13.4. The van der Waals surface area contributed by atoms with Gasteiger partial charge in [0.2, 0.25) is 5.78 Å². The Balaban J connectivity index is 1.90. The SMILES string of the molecule is COC1=C2C(=O)c3c(O)c4c(c(CC=C(C)C)c3O[C@@]23[C@H](C)C[C@@H]1C(=O)[C@]3(C/C=C(/C)CO)OC(C)C)OC(C)(C)C=C4.